The van der Waals surface area contributed by atoms with Crippen molar-refractivity contribution in [2.24, 2.45) is 5.73 Å². The Bertz CT molecular complexity index is 259. The molecule has 0 saturated heterocycles. The van der Waals surface area contributed by atoms with Crippen LogP contribution in [0, 0.1) is 0 Å². The lowest BCUT2D eigenvalue weighted by Gasteiger charge is -1.94. The van der Waals surface area contributed by atoms with Gasteiger partial charge in [0.15, 0.2) is 0 Å². The zero-order valence-electron chi connectivity index (χ0n) is 7.24. The Morgan fingerprint density at radius 2 is 1.92 bits per heavy atom. The molecule has 3 heteroatoms. The smallest absolute Gasteiger partial charge is 0.110 e. The molecule has 0 heterocycles. The summed E-state index contributed by atoms with van der Waals surface area (Å²) in [4.78, 5) is 0. The van der Waals surface area contributed by atoms with Crippen LogP contribution in [0.3, 0.4) is 0 Å². The van der Waals surface area contributed by atoms with Crippen molar-refractivity contribution in [3.63, 3.8) is 0 Å². The van der Waals surface area contributed by atoms with Crippen LogP contribution in [0.1, 0.15) is 5.56 Å². The monoisotopic (exact) mass is 201 g/mol. The lowest BCUT2D eigenvalue weighted by molar-refractivity contribution is 0.614. The van der Waals surface area contributed by atoms with Crippen molar-refractivity contribution in [1.29, 1.82) is 0 Å². The summed E-state index contributed by atoms with van der Waals surface area (Å²) in [5.74, 6) is -0.251. The van der Waals surface area contributed by atoms with Gasteiger partial charge in [0.1, 0.15) is 5.83 Å². The van der Waals surface area contributed by atoms with Crippen molar-refractivity contribution in [2.75, 3.05) is 6.54 Å². The van der Waals surface area contributed by atoms with E-state index in [-0.39, 0.29) is 24.8 Å². The van der Waals surface area contributed by atoms with Gasteiger partial charge in [-0.3, -0.25) is 0 Å². The van der Waals surface area contributed by atoms with Gasteiger partial charge < -0.3 is 5.73 Å². The summed E-state index contributed by atoms with van der Waals surface area (Å²) in [7, 11) is 0. The molecule has 0 radical (unpaired) electrons. The first kappa shape index (κ1) is 12.1. The molecule has 0 saturated carbocycles. The third kappa shape index (κ3) is 4.65. The molecule has 0 aliphatic rings. The van der Waals surface area contributed by atoms with Gasteiger partial charge in [0.2, 0.25) is 0 Å². The summed E-state index contributed by atoms with van der Waals surface area (Å²) in [6.07, 6.45) is 2.12. The Hall–Kier alpha value is -0.860. The van der Waals surface area contributed by atoms with Crippen LogP contribution < -0.4 is 5.73 Å². The molecule has 0 atom stereocenters. The van der Waals surface area contributed by atoms with Gasteiger partial charge in [-0.1, -0.05) is 30.3 Å². The minimum absolute atomic E-state index is 0. The largest absolute Gasteiger partial charge is 0.325 e. The molecule has 0 aromatic heterocycles. The molecule has 0 fully saturated rings. The highest BCUT2D eigenvalue weighted by Crippen LogP contribution is 2.02. The van der Waals surface area contributed by atoms with E-state index in [1.807, 2.05) is 30.3 Å². The van der Waals surface area contributed by atoms with Gasteiger partial charge in [0, 0.05) is 6.54 Å². The first-order valence-corrected chi connectivity index (χ1v) is 3.91. The van der Waals surface area contributed by atoms with Crippen molar-refractivity contribution >= 4 is 12.4 Å². The van der Waals surface area contributed by atoms with E-state index in [4.69, 9.17) is 5.73 Å². The molecule has 72 valence electrons. The summed E-state index contributed by atoms with van der Waals surface area (Å²) in [5, 5.41) is 0. The van der Waals surface area contributed by atoms with Crippen LogP contribution >= 0.6 is 12.4 Å². The van der Waals surface area contributed by atoms with E-state index < -0.39 is 0 Å². The Morgan fingerprint density at radius 3 is 2.46 bits per heavy atom. The fourth-order valence-electron chi connectivity index (χ4n) is 0.926. The van der Waals surface area contributed by atoms with Crippen LogP contribution in [0.2, 0.25) is 0 Å². The number of benzene rings is 1. The number of hydrogen-bond acceptors (Lipinski definition) is 1. The Labute approximate surface area is 83.9 Å². The summed E-state index contributed by atoms with van der Waals surface area (Å²) >= 11 is 0. The number of hydrogen-bond donors (Lipinski definition) is 1. The first-order chi connectivity index (χ1) is 5.83. The van der Waals surface area contributed by atoms with Gasteiger partial charge in [0.25, 0.3) is 0 Å². The maximum absolute atomic E-state index is 12.6. The standard InChI is InChI=1S/C10H12FN.ClH/c11-10(8-12)7-6-9-4-2-1-3-5-9;/h1-5,7H,6,8,12H2;1H. The van der Waals surface area contributed by atoms with Crippen LogP contribution in [0.4, 0.5) is 4.39 Å². The highest BCUT2D eigenvalue weighted by atomic mass is 35.5. The van der Waals surface area contributed by atoms with Crippen molar-refractivity contribution < 1.29 is 4.39 Å². The SMILES string of the molecule is Cl.NCC(F)=CCc1ccccc1. The molecule has 1 aromatic rings. The highest BCUT2D eigenvalue weighted by Gasteiger charge is 1.90. The molecule has 0 aliphatic carbocycles. The molecule has 13 heavy (non-hydrogen) atoms. The Morgan fingerprint density at radius 1 is 1.31 bits per heavy atom. The summed E-state index contributed by atoms with van der Waals surface area (Å²) < 4.78 is 12.6. The maximum Gasteiger partial charge on any atom is 0.110 e. The average molecular weight is 202 g/mol. The summed E-state index contributed by atoms with van der Waals surface area (Å²) in [6, 6.07) is 9.72. The van der Waals surface area contributed by atoms with Crippen LogP contribution in [-0.4, -0.2) is 6.54 Å². The fourth-order valence-corrected chi connectivity index (χ4v) is 0.926. The predicted molar refractivity (Wildman–Crippen MR) is 55.6 cm³/mol. The number of halogens is 2. The lowest BCUT2D eigenvalue weighted by Crippen LogP contribution is -1.98. The van der Waals surface area contributed by atoms with Crippen molar-refractivity contribution in [3.8, 4) is 0 Å². The van der Waals surface area contributed by atoms with E-state index in [9.17, 15) is 4.39 Å². The molecule has 0 unspecified atom stereocenters. The second-order valence-electron chi connectivity index (χ2n) is 2.54. The van der Waals surface area contributed by atoms with E-state index in [0.717, 1.165) is 5.56 Å². The first-order valence-electron chi connectivity index (χ1n) is 3.91. The quantitative estimate of drug-likeness (QED) is 0.799. The minimum Gasteiger partial charge on any atom is -0.325 e. The third-order valence-electron chi connectivity index (χ3n) is 1.60. The number of rotatable bonds is 3. The topological polar surface area (TPSA) is 26.0 Å². The van der Waals surface area contributed by atoms with E-state index in [2.05, 4.69) is 0 Å². The summed E-state index contributed by atoms with van der Waals surface area (Å²) in [5.41, 5.74) is 6.19. The van der Waals surface area contributed by atoms with Crippen LogP contribution in [0.5, 0.6) is 0 Å². The molecular weight excluding hydrogens is 189 g/mol. The molecule has 1 nitrogen and oxygen atoms in total. The lowest BCUT2D eigenvalue weighted by atomic mass is 10.1. The molecule has 1 rings (SSSR count). The number of nitrogens with two attached hydrogens (primary N) is 1. The van der Waals surface area contributed by atoms with E-state index in [1.54, 1.807) is 0 Å². The molecule has 0 amide bonds. The van der Waals surface area contributed by atoms with Gasteiger partial charge in [-0.2, -0.15) is 0 Å². The average Bonchev–Trinajstić information content (AvgIpc) is 2.16. The molecule has 0 bridgehead atoms. The van der Waals surface area contributed by atoms with Crippen LogP contribution in [0.15, 0.2) is 42.2 Å². The summed E-state index contributed by atoms with van der Waals surface area (Å²) in [6.45, 7) is -0.00711. The minimum atomic E-state index is -0.251. The molecule has 2 N–H and O–H groups in total. The number of allylic oxidation sites excluding steroid dienone is 1. The predicted octanol–water partition coefficient (Wildman–Crippen LogP) is 2.46. The van der Waals surface area contributed by atoms with Gasteiger partial charge >= 0.3 is 0 Å². The zero-order chi connectivity index (χ0) is 8.81. The molecule has 1 aromatic carbocycles. The van der Waals surface area contributed by atoms with Crippen molar-refractivity contribution in [3.05, 3.63) is 47.8 Å². The zero-order valence-corrected chi connectivity index (χ0v) is 8.06. The maximum atomic E-state index is 12.6. The molecule has 0 aliphatic heterocycles. The second kappa shape index (κ2) is 6.63. The van der Waals surface area contributed by atoms with Gasteiger partial charge in [0.05, 0.1) is 0 Å². The van der Waals surface area contributed by atoms with Crippen molar-refractivity contribution in [2.45, 2.75) is 6.42 Å². The van der Waals surface area contributed by atoms with E-state index in [0.29, 0.717) is 6.42 Å². The van der Waals surface area contributed by atoms with E-state index >= 15 is 0 Å². The van der Waals surface area contributed by atoms with Crippen LogP contribution in [0.25, 0.3) is 0 Å². The van der Waals surface area contributed by atoms with Gasteiger partial charge in [-0.15, -0.1) is 12.4 Å². The van der Waals surface area contributed by atoms with Gasteiger partial charge in [-0.25, -0.2) is 4.39 Å². The molecule has 0 spiro atoms. The van der Waals surface area contributed by atoms with Crippen LogP contribution in [-0.2, 0) is 6.42 Å². The highest BCUT2D eigenvalue weighted by molar-refractivity contribution is 5.85. The second-order valence-corrected chi connectivity index (χ2v) is 2.54. The van der Waals surface area contributed by atoms with E-state index in [1.165, 1.54) is 6.08 Å². The van der Waals surface area contributed by atoms with Crippen molar-refractivity contribution in [1.82, 2.24) is 0 Å². The normalized spacial score (nSPS) is 10.8. The van der Waals surface area contributed by atoms with Gasteiger partial charge in [-0.05, 0) is 18.1 Å². The third-order valence-corrected chi connectivity index (χ3v) is 1.60. The Balaban J connectivity index is 0.00000144. The Kier molecular flexibility index (Phi) is 6.20. The fraction of sp³-hybridized carbons (Fsp3) is 0.200. The molecular formula is C10H13ClFN.